The molecule has 0 unspecified atom stereocenters. The molecule has 0 spiro atoms. The van der Waals surface area contributed by atoms with Gasteiger partial charge in [0.2, 0.25) is 0 Å². The number of ether oxygens (including phenoxy) is 3. The molecule has 1 fully saturated rings. The van der Waals surface area contributed by atoms with Gasteiger partial charge in [0, 0.05) is 11.1 Å². The van der Waals surface area contributed by atoms with Gasteiger partial charge in [-0.05, 0) is 39.0 Å². The lowest BCUT2D eigenvalue weighted by Gasteiger charge is -2.12. The topological polar surface area (TPSA) is 65.1 Å². The van der Waals surface area contributed by atoms with Gasteiger partial charge in [0.25, 0.3) is 0 Å². The fraction of sp³-hybridized carbons (Fsp3) is 0.444. The van der Waals surface area contributed by atoms with Crippen LogP contribution >= 0.6 is 0 Å². The molecule has 5 nitrogen and oxygen atoms in total. The van der Waals surface area contributed by atoms with Gasteiger partial charge in [-0.3, -0.25) is 4.79 Å². The number of rotatable bonds is 5. The maximum absolute atomic E-state index is 12.0. The first-order chi connectivity index (χ1) is 10.8. The van der Waals surface area contributed by atoms with Crippen molar-refractivity contribution in [2.75, 3.05) is 0 Å². The standard InChI is InChI=1S/C18H22O5/c1-6-11(4)18(20)23-15-8-7-13(22-17(19)10(2)3)9-14(15)16-12(5)21-16/h6-10,12,16H,1-5H3/t12-,16+/m1/s1. The third kappa shape index (κ3) is 4.20. The summed E-state index contributed by atoms with van der Waals surface area (Å²) in [6, 6.07) is 4.94. The predicted octanol–water partition coefficient (Wildman–Crippen LogP) is 3.58. The van der Waals surface area contributed by atoms with Crippen molar-refractivity contribution in [2.45, 2.75) is 46.8 Å². The highest BCUT2D eigenvalue weighted by atomic mass is 16.6. The molecule has 0 aromatic heterocycles. The normalized spacial score (nSPS) is 20.3. The van der Waals surface area contributed by atoms with Crippen LogP contribution < -0.4 is 9.47 Å². The molecule has 0 N–H and O–H groups in total. The van der Waals surface area contributed by atoms with E-state index in [1.165, 1.54) is 0 Å². The van der Waals surface area contributed by atoms with Gasteiger partial charge in [-0.2, -0.15) is 0 Å². The van der Waals surface area contributed by atoms with Crippen molar-refractivity contribution in [3.05, 3.63) is 35.4 Å². The molecule has 124 valence electrons. The molecule has 2 rings (SSSR count). The number of allylic oxidation sites excluding steroid dienone is 1. The Labute approximate surface area is 136 Å². The molecular formula is C18H22O5. The average molecular weight is 318 g/mol. The van der Waals surface area contributed by atoms with Crippen molar-refractivity contribution in [1.82, 2.24) is 0 Å². The average Bonchev–Trinajstić information content (AvgIpc) is 3.24. The lowest BCUT2D eigenvalue weighted by Crippen LogP contribution is -2.15. The first-order valence-electron chi connectivity index (χ1n) is 7.69. The molecule has 0 aliphatic carbocycles. The molecule has 0 saturated carbocycles. The van der Waals surface area contributed by atoms with Crippen LogP contribution in [-0.2, 0) is 14.3 Å². The van der Waals surface area contributed by atoms with Gasteiger partial charge in [-0.1, -0.05) is 19.9 Å². The lowest BCUT2D eigenvalue weighted by molar-refractivity contribution is -0.137. The zero-order chi connectivity index (χ0) is 17.1. The number of benzene rings is 1. The molecule has 5 heteroatoms. The van der Waals surface area contributed by atoms with Gasteiger partial charge in [0.1, 0.15) is 17.6 Å². The smallest absolute Gasteiger partial charge is 0.338 e. The van der Waals surface area contributed by atoms with Gasteiger partial charge in [0.15, 0.2) is 0 Å². The summed E-state index contributed by atoms with van der Waals surface area (Å²) in [7, 11) is 0. The molecule has 0 radical (unpaired) electrons. The van der Waals surface area contributed by atoms with Crippen LogP contribution in [0.1, 0.15) is 46.3 Å². The number of epoxide rings is 1. The van der Waals surface area contributed by atoms with Crippen molar-refractivity contribution >= 4 is 11.9 Å². The van der Waals surface area contributed by atoms with E-state index in [4.69, 9.17) is 14.2 Å². The van der Waals surface area contributed by atoms with Crippen molar-refractivity contribution in [1.29, 1.82) is 0 Å². The van der Waals surface area contributed by atoms with E-state index in [-0.39, 0.29) is 24.1 Å². The van der Waals surface area contributed by atoms with Crippen LogP contribution in [0, 0.1) is 5.92 Å². The Hall–Kier alpha value is -2.14. The third-order valence-corrected chi connectivity index (χ3v) is 3.65. The molecule has 1 heterocycles. The maximum Gasteiger partial charge on any atom is 0.338 e. The summed E-state index contributed by atoms with van der Waals surface area (Å²) in [6.45, 7) is 8.94. The molecule has 0 bridgehead atoms. The van der Waals surface area contributed by atoms with Crippen LogP contribution in [0.4, 0.5) is 0 Å². The Morgan fingerprint density at radius 1 is 1.26 bits per heavy atom. The van der Waals surface area contributed by atoms with Crippen LogP contribution in [0.15, 0.2) is 29.8 Å². The lowest BCUT2D eigenvalue weighted by atomic mass is 10.1. The first-order valence-corrected chi connectivity index (χ1v) is 7.69. The highest BCUT2D eigenvalue weighted by Gasteiger charge is 2.38. The Balaban J connectivity index is 2.25. The van der Waals surface area contributed by atoms with E-state index in [0.717, 1.165) is 0 Å². The van der Waals surface area contributed by atoms with Crippen molar-refractivity contribution < 1.29 is 23.8 Å². The number of esters is 2. The minimum atomic E-state index is -0.408. The van der Waals surface area contributed by atoms with E-state index in [1.54, 1.807) is 52.0 Å². The number of carbonyl (C=O) groups is 2. The molecular weight excluding hydrogens is 296 g/mol. The molecule has 2 atom stereocenters. The molecule has 23 heavy (non-hydrogen) atoms. The molecule has 1 aromatic rings. The molecule has 1 aliphatic heterocycles. The maximum atomic E-state index is 12.0. The minimum absolute atomic E-state index is 0.0475. The van der Waals surface area contributed by atoms with E-state index in [9.17, 15) is 9.59 Å². The third-order valence-electron chi connectivity index (χ3n) is 3.65. The van der Waals surface area contributed by atoms with Crippen LogP contribution in [0.5, 0.6) is 11.5 Å². The minimum Gasteiger partial charge on any atom is -0.426 e. The van der Waals surface area contributed by atoms with E-state index in [2.05, 4.69) is 0 Å². The summed E-state index contributed by atoms with van der Waals surface area (Å²) in [6.07, 6.45) is 1.59. The van der Waals surface area contributed by atoms with E-state index in [0.29, 0.717) is 22.6 Å². The first kappa shape index (κ1) is 17.2. The SMILES string of the molecule is CC=C(C)C(=O)Oc1ccc(OC(=O)C(C)C)cc1[C@H]1O[C@@H]1C. The fourth-order valence-corrected chi connectivity index (χ4v) is 1.95. The second kappa shape index (κ2) is 6.96. The second-order valence-corrected chi connectivity index (χ2v) is 5.90. The number of hydrogen-bond donors (Lipinski definition) is 0. The van der Waals surface area contributed by atoms with Crippen molar-refractivity contribution in [3.63, 3.8) is 0 Å². The van der Waals surface area contributed by atoms with Crippen LogP contribution in [-0.4, -0.2) is 18.0 Å². The summed E-state index contributed by atoms with van der Waals surface area (Å²) in [5, 5.41) is 0. The fourth-order valence-electron chi connectivity index (χ4n) is 1.95. The molecule has 1 aromatic carbocycles. The van der Waals surface area contributed by atoms with Gasteiger partial charge in [0.05, 0.1) is 12.0 Å². The summed E-state index contributed by atoms with van der Waals surface area (Å²) in [4.78, 5) is 23.7. The Bertz CT molecular complexity index is 645. The van der Waals surface area contributed by atoms with Gasteiger partial charge in [-0.25, -0.2) is 4.79 Å². The highest BCUT2D eigenvalue weighted by Crippen LogP contribution is 2.44. The van der Waals surface area contributed by atoms with Gasteiger partial charge >= 0.3 is 11.9 Å². The summed E-state index contributed by atoms with van der Waals surface area (Å²) < 4.78 is 16.2. The Morgan fingerprint density at radius 3 is 2.43 bits per heavy atom. The zero-order valence-corrected chi connectivity index (χ0v) is 14.1. The zero-order valence-electron chi connectivity index (χ0n) is 14.1. The van der Waals surface area contributed by atoms with E-state index in [1.807, 2.05) is 6.92 Å². The number of carbonyl (C=O) groups excluding carboxylic acids is 2. The van der Waals surface area contributed by atoms with Gasteiger partial charge in [-0.15, -0.1) is 0 Å². The summed E-state index contributed by atoms with van der Waals surface area (Å²) >= 11 is 0. The van der Waals surface area contributed by atoms with E-state index < -0.39 is 5.97 Å². The van der Waals surface area contributed by atoms with Crippen LogP contribution in [0.3, 0.4) is 0 Å². The monoisotopic (exact) mass is 318 g/mol. The predicted molar refractivity (Wildman–Crippen MR) is 85.3 cm³/mol. The van der Waals surface area contributed by atoms with E-state index >= 15 is 0 Å². The molecule has 1 aliphatic rings. The number of hydrogen-bond acceptors (Lipinski definition) is 5. The summed E-state index contributed by atoms with van der Waals surface area (Å²) in [5.41, 5.74) is 1.24. The second-order valence-electron chi connectivity index (χ2n) is 5.90. The summed E-state index contributed by atoms with van der Waals surface area (Å²) in [5.74, 6) is -0.0903. The Kier molecular flexibility index (Phi) is 5.21. The van der Waals surface area contributed by atoms with Crippen molar-refractivity contribution in [2.24, 2.45) is 5.92 Å². The Morgan fingerprint density at radius 2 is 1.91 bits per heavy atom. The van der Waals surface area contributed by atoms with Crippen LogP contribution in [0.25, 0.3) is 0 Å². The largest absolute Gasteiger partial charge is 0.426 e. The van der Waals surface area contributed by atoms with Crippen LogP contribution in [0.2, 0.25) is 0 Å². The quantitative estimate of drug-likeness (QED) is 0.359. The van der Waals surface area contributed by atoms with Crippen molar-refractivity contribution in [3.8, 4) is 11.5 Å². The molecule has 0 amide bonds. The molecule has 1 saturated heterocycles. The van der Waals surface area contributed by atoms with Gasteiger partial charge < -0.3 is 14.2 Å². The highest BCUT2D eigenvalue weighted by molar-refractivity contribution is 5.89.